The standard InChI is InChI=1S/C17H26N2S/c1-2-10-18-17(15-7-3-4-12-20-15)14-9-8-13-6-5-11-19-16(13)14/h5-6,11,14-15,17-18H,2-4,7-10,12H2,1H3. The first-order valence-corrected chi connectivity index (χ1v) is 9.24. The molecular formula is C17H26N2S. The molecule has 3 atom stereocenters. The van der Waals surface area contributed by atoms with Crippen molar-refractivity contribution in [3.05, 3.63) is 29.6 Å². The Morgan fingerprint density at radius 2 is 2.35 bits per heavy atom. The van der Waals surface area contributed by atoms with Crippen LogP contribution in [0.2, 0.25) is 0 Å². The van der Waals surface area contributed by atoms with E-state index in [9.17, 15) is 0 Å². The van der Waals surface area contributed by atoms with Gasteiger partial charge in [-0.15, -0.1) is 0 Å². The predicted octanol–water partition coefficient (Wildman–Crippen LogP) is 3.77. The van der Waals surface area contributed by atoms with Crippen LogP contribution in [0.3, 0.4) is 0 Å². The van der Waals surface area contributed by atoms with Gasteiger partial charge in [0.2, 0.25) is 0 Å². The molecule has 3 rings (SSSR count). The Labute approximate surface area is 127 Å². The Kier molecular flexibility index (Phi) is 5.00. The molecule has 1 N–H and O–H groups in total. The van der Waals surface area contributed by atoms with Crippen molar-refractivity contribution in [3.8, 4) is 0 Å². The SMILES string of the molecule is CCCNC(C1CCCCS1)C1CCc2cccnc21. The summed E-state index contributed by atoms with van der Waals surface area (Å²) in [5, 5.41) is 4.65. The molecule has 0 bridgehead atoms. The number of nitrogens with zero attached hydrogens (tertiary/aromatic N) is 1. The highest BCUT2D eigenvalue weighted by Gasteiger charge is 2.36. The number of aromatic nitrogens is 1. The molecule has 1 aliphatic heterocycles. The van der Waals surface area contributed by atoms with Gasteiger partial charge < -0.3 is 5.32 Å². The molecule has 0 aromatic carbocycles. The number of pyridine rings is 1. The van der Waals surface area contributed by atoms with Gasteiger partial charge in [0.05, 0.1) is 0 Å². The Balaban J connectivity index is 1.78. The Bertz CT molecular complexity index is 429. The van der Waals surface area contributed by atoms with E-state index >= 15 is 0 Å². The number of hydrogen-bond donors (Lipinski definition) is 1. The highest BCUT2D eigenvalue weighted by atomic mass is 32.2. The molecule has 0 radical (unpaired) electrons. The lowest BCUT2D eigenvalue weighted by molar-refractivity contribution is 0.393. The second-order valence-corrected chi connectivity index (χ2v) is 7.42. The molecule has 0 saturated carbocycles. The minimum absolute atomic E-state index is 0.622. The molecule has 1 aliphatic carbocycles. The van der Waals surface area contributed by atoms with E-state index in [-0.39, 0.29) is 0 Å². The number of hydrogen-bond acceptors (Lipinski definition) is 3. The third-order valence-corrected chi connectivity index (χ3v) is 6.16. The largest absolute Gasteiger partial charge is 0.312 e. The predicted molar refractivity (Wildman–Crippen MR) is 87.5 cm³/mol. The third-order valence-electron chi connectivity index (χ3n) is 4.68. The van der Waals surface area contributed by atoms with Crippen LogP contribution in [0.25, 0.3) is 0 Å². The normalized spacial score (nSPS) is 27.2. The zero-order valence-corrected chi connectivity index (χ0v) is 13.3. The lowest BCUT2D eigenvalue weighted by atomic mass is 9.91. The van der Waals surface area contributed by atoms with E-state index in [2.05, 4.69) is 36.1 Å². The average Bonchev–Trinajstić information content (AvgIpc) is 2.93. The molecule has 1 saturated heterocycles. The first kappa shape index (κ1) is 14.4. The van der Waals surface area contributed by atoms with Crippen LogP contribution in [0.1, 0.15) is 56.2 Å². The van der Waals surface area contributed by atoms with Gasteiger partial charge in [0.15, 0.2) is 0 Å². The number of nitrogens with one attached hydrogen (secondary N) is 1. The zero-order valence-electron chi connectivity index (χ0n) is 12.5. The van der Waals surface area contributed by atoms with E-state index in [1.807, 2.05) is 6.20 Å². The molecule has 20 heavy (non-hydrogen) atoms. The van der Waals surface area contributed by atoms with Crippen molar-refractivity contribution in [1.29, 1.82) is 0 Å². The van der Waals surface area contributed by atoms with Crippen LogP contribution < -0.4 is 5.32 Å². The van der Waals surface area contributed by atoms with Gasteiger partial charge in [0, 0.05) is 29.1 Å². The third kappa shape index (κ3) is 3.04. The zero-order chi connectivity index (χ0) is 13.8. The van der Waals surface area contributed by atoms with Gasteiger partial charge in [-0.25, -0.2) is 0 Å². The number of rotatable bonds is 5. The van der Waals surface area contributed by atoms with Gasteiger partial charge in [-0.3, -0.25) is 4.98 Å². The van der Waals surface area contributed by atoms with Crippen molar-refractivity contribution < 1.29 is 0 Å². The smallest absolute Gasteiger partial charge is 0.0482 e. The van der Waals surface area contributed by atoms with E-state index in [0.717, 1.165) is 11.8 Å². The van der Waals surface area contributed by atoms with Gasteiger partial charge in [-0.1, -0.05) is 19.4 Å². The molecule has 1 aromatic heterocycles. The molecule has 1 fully saturated rings. The maximum Gasteiger partial charge on any atom is 0.0482 e. The van der Waals surface area contributed by atoms with E-state index in [0.29, 0.717) is 12.0 Å². The van der Waals surface area contributed by atoms with Crippen molar-refractivity contribution in [2.45, 2.75) is 62.7 Å². The maximum atomic E-state index is 4.72. The monoisotopic (exact) mass is 290 g/mol. The van der Waals surface area contributed by atoms with Gasteiger partial charge in [0.1, 0.15) is 0 Å². The van der Waals surface area contributed by atoms with E-state index in [4.69, 9.17) is 4.98 Å². The van der Waals surface area contributed by atoms with Crippen LogP contribution >= 0.6 is 11.8 Å². The lowest BCUT2D eigenvalue weighted by Crippen LogP contribution is -2.44. The first-order valence-electron chi connectivity index (χ1n) is 8.19. The fraction of sp³-hybridized carbons (Fsp3) is 0.706. The highest BCUT2D eigenvalue weighted by molar-refractivity contribution is 8.00. The Morgan fingerprint density at radius 1 is 1.40 bits per heavy atom. The quantitative estimate of drug-likeness (QED) is 0.893. The van der Waals surface area contributed by atoms with E-state index in [1.165, 1.54) is 55.5 Å². The van der Waals surface area contributed by atoms with Crippen LogP contribution in [0.15, 0.2) is 18.3 Å². The summed E-state index contributed by atoms with van der Waals surface area (Å²) in [6.07, 6.45) is 9.88. The molecule has 2 nitrogen and oxygen atoms in total. The summed E-state index contributed by atoms with van der Waals surface area (Å²) >= 11 is 2.19. The van der Waals surface area contributed by atoms with E-state index < -0.39 is 0 Å². The fourth-order valence-electron chi connectivity index (χ4n) is 3.69. The summed E-state index contributed by atoms with van der Waals surface area (Å²) in [5.74, 6) is 1.98. The minimum Gasteiger partial charge on any atom is -0.312 e. The van der Waals surface area contributed by atoms with Crippen molar-refractivity contribution in [2.75, 3.05) is 12.3 Å². The van der Waals surface area contributed by atoms with Gasteiger partial charge >= 0.3 is 0 Å². The van der Waals surface area contributed by atoms with Crippen molar-refractivity contribution in [3.63, 3.8) is 0 Å². The molecule has 3 unspecified atom stereocenters. The molecule has 0 amide bonds. The second-order valence-electron chi connectivity index (χ2n) is 6.08. The van der Waals surface area contributed by atoms with Crippen LogP contribution in [0.5, 0.6) is 0 Å². The van der Waals surface area contributed by atoms with Crippen LogP contribution in [0.4, 0.5) is 0 Å². The summed E-state index contributed by atoms with van der Waals surface area (Å²) in [6, 6.07) is 4.98. The lowest BCUT2D eigenvalue weighted by Gasteiger charge is -2.34. The molecular weight excluding hydrogens is 264 g/mol. The van der Waals surface area contributed by atoms with Crippen molar-refractivity contribution in [1.82, 2.24) is 10.3 Å². The summed E-state index contributed by atoms with van der Waals surface area (Å²) in [5.41, 5.74) is 2.87. The Hall–Kier alpha value is -0.540. The molecule has 2 aliphatic rings. The average molecular weight is 290 g/mol. The van der Waals surface area contributed by atoms with E-state index in [1.54, 1.807) is 0 Å². The topological polar surface area (TPSA) is 24.9 Å². The van der Waals surface area contributed by atoms with Crippen LogP contribution in [0, 0.1) is 0 Å². The molecule has 2 heterocycles. The summed E-state index contributed by atoms with van der Waals surface area (Å²) in [7, 11) is 0. The first-order chi connectivity index (χ1) is 9.90. The molecule has 0 spiro atoms. The minimum atomic E-state index is 0.622. The number of fused-ring (bicyclic) bond motifs is 1. The fourth-order valence-corrected chi connectivity index (χ4v) is 5.19. The van der Waals surface area contributed by atoms with Crippen molar-refractivity contribution in [2.24, 2.45) is 0 Å². The van der Waals surface area contributed by atoms with Crippen LogP contribution in [-0.2, 0) is 6.42 Å². The number of aryl methyl sites for hydroxylation is 1. The number of thioether (sulfide) groups is 1. The second kappa shape index (κ2) is 6.95. The maximum absolute atomic E-state index is 4.72. The summed E-state index contributed by atoms with van der Waals surface area (Å²) in [6.45, 7) is 3.40. The van der Waals surface area contributed by atoms with Crippen LogP contribution in [-0.4, -0.2) is 28.6 Å². The Morgan fingerprint density at radius 3 is 3.15 bits per heavy atom. The highest BCUT2D eigenvalue weighted by Crippen LogP contribution is 2.40. The van der Waals surface area contributed by atoms with Crippen molar-refractivity contribution >= 4 is 11.8 Å². The van der Waals surface area contributed by atoms with Gasteiger partial charge in [-0.05, 0) is 56.0 Å². The summed E-state index contributed by atoms with van der Waals surface area (Å²) in [4.78, 5) is 4.72. The molecule has 3 heteroatoms. The van der Waals surface area contributed by atoms with Gasteiger partial charge in [-0.2, -0.15) is 11.8 Å². The summed E-state index contributed by atoms with van der Waals surface area (Å²) < 4.78 is 0. The molecule has 110 valence electrons. The molecule has 1 aromatic rings. The van der Waals surface area contributed by atoms with Gasteiger partial charge in [0.25, 0.3) is 0 Å².